The van der Waals surface area contributed by atoms with Gasteiger partial charge in [-0.1, -0.05) is 32.9 Å². The molecule has 0 aliphatic heterocycles. The van der Waals surface area contributed by atoms with E-state index in [9.17, 15) is 5.11 Å². The molecule has 0 aliphatic rings. The molecule has 1 rings (SSSR count). The Morgan fingerprint density at radius 1 is 1.19 bits per heavy atom. The second kappa shape index (κ2) is 5.90. The zero-order chi connectivity index (χ0) is 12.1. The molecule has 1 aromatic carbocycles. The second-order valence-corrected chi connectivity index (χ2v) is 4.79. The molecule has 0 saturated carbocycles. The monoisotopic (exact) mass is 221 g/mol. The first-order valence-corrected chi connectivity index (χ1v) is 6.03. The first-order chi connectivity index (χ1) is 7.54. The molecule has 0 amide bonds. The molecule has 0 aromatic heterocycles. The molecule has 0 unspecified atom stereocenters. The summed E-state index contributed by atoms with van der Waals surface area (Å²) in [6, 6.07) is 8.19. The maximum absolute atomic E-state index is 9.69. The molecule has 1 atom stereocenters. The molecule has 1 N–H and O–H groups in total. The average Bonchev–Trinajstić information content (AvgIpc) is 2.27. The number of aliphatic hydroxyl groups is 1. The van der Waals surface area contributed by atoms with Gasteiger partial charge in [-0.25, -0.2) is 0 Å². The minimum Gasteiger partial charge on any atom is -0.388 e. The van der Waals surface area contributed by atoms with Gasteiger partial charge in [-0.15, -0.1) is 0 Å². The van der Waals surface area contributed by atoms with E-state index >= 15 is 0 Å². The highest BCUT2D eigenvalue weighted by atomic mass is 16.3. The van der Waals surface area contributed by atoms with Gasteiger partial charge < -0.3 is 10.0 Å². The van der Waals surface area contributed by atoms with Crippen molar-refractivity contribution in [3.8, 4) is 0 Å². The van der Waals surface area contributed by atoms with Crippen molar-refractivity contribution in [2.24, 2.45) is 5.92 Å². The normalized spacial score (nSPS) is 12.9. The van der Waals surface area contributed by atoms with Gasteiger partial charge in [-0.3, -0.25) is 0 Å². The topological polar surface area (TPSA) is 23.5 Å². The van der Waals surface area contributed by atoms with E-state index in [2.05, 4.69) is 37.9 Å². The third kappa shape index (κ3) is 3.53. The van der Waals surface area contributed by atoms with Crippen LogP contribution in [0.15, 0.2) is 24.3 Å². The molecule has 0 saturated heterocycles. The van der Waals surface area contributed by atoms with E-state index in [0.717, 1.165) is 18.5 Å². The van der Waals surface area contributed by atoms with Gasteiger partial charge in [0.25, 0.3) is 0 Å². The van der Waals surface area contributed by atoms with Gasteiger partial charge >= 0.3 is 0 Å². The zero-order valence-corrected chi connectivity index (χ0v) is 10.8. The van der Waals surface area contributed by atoms with Gasteiger partial charge in [0.2, 0.25) is 0 Å². The number of nitrogens with zero attached hydrogens (tertiary/aromatic N) is 1. The minimum atomic E-state index is -0.329. The predicted octanol–water partition coefficient (Wildman–Crippen LogP) is 3.22. The summed E-state index contributed by atoms with van der Waals surface area (Å²) < 4.78 is 0. The van der Waals surface area contributed by atoms with Crippen LogP contribution in [0.5, 0.6) is 0 Å². The third-order valence-electron chi connectivity index (χ3n) is 2.74. The quantitative estimate of drug-likeness (QED) is 0.825. The molecule has 0 heterocycles. The van der Waals surface area contributed by atoms with Crippen LogP contribution in [0, 0.1) is 5.92 Å². The van der Waals surface area contributed by atoms with E-state index in [4.69, 9.17) is 0 Å². The molecule has 16 heavy (non-hydrogen) atoms. The fraction of sp³-hybridized carbons (Fsp3) is 0.571. The Kier molecular flexibility index (Phi) is 4.81. The van der Waals surface area contributed by atoms with Gasteiger partial charge in [0.05, 0.1) is 6.10 Å². The SMILES string of the molecule is CC[C@@H](O)c1ccc(N(C)CC(C)C)cc1. The zero-order valence-electron chi connectivity index (χ0n) is 10.8. The molecular formula is C14H23NO. The fourth-order valence-electron chi connectivity index (χ4n) is 1.84. The highest BCUT2D eigenvalue weighted by Crippen LogP contribution is 2.20. The summed E-state index contributed by atoms with van der Waals surface area (Å²) in [5, 5.41) is 9.69. The smallest absolute Gasteiger partial charge is 0.0787 e. The summed E-state index contributed by atoms with van der Waals surface area (Å²) in [6.07, 6.45) is 0.436. The lowest BCUT2D eigenvalue weighted by atomic mass is 10.1. The van der Waals surface area contributed by atoms with Gasteiger partial charge in [0.15, 0.2) is 0 Å². The molecule has 0 spiro atoms. The van der Waals surface area contributed by atoms with Crippen LogP contribution in [-0.4, -0.2) is 18.7 Å². The molecule has 90 valence electrons. The van der Waals surface area contributed by atoms with E-state index in [0.29, 0.717) is 5.92 Å². The van der Waals surface area contributed by atoms with Gasteiger partial charge in [-0.05, 0) is 30.0 Å². The summed E-state index contributed by atoms with van der Waals surface area (Å²) in [7, 11) is 2.10. The Bertz CT molecular complexity index is 305. The Morgan fingerprint density at radius 2 is 1.75 bits per heavy atom. The molecule has 2 nitrogen and oxygen atoms in total. The van der Waals surface area contributed by atoms with Gasteiger partial charge in [0, 0.05) is 19.3 Å². The highest BCUT2D eigenvalue weighted by Gasteiger charge is 2.06. The van der Waals surface area contributed by atoms with E-state index in [-0.39, 0.29) is 6.10 Å². The Balaban J connectivity index is 2.70. The molecule has 2 heteroatoms. The van der Waals surface area contributed by atoms with E-state index < -0.39 is 0 Å². The van der Waals surface area contributed by atoms with Gasteiger partial charge in [0.1, 0.15) is 0 Å². The van der Waals surface area contributed by atoms with E-state index in [1.807, 2.05) is 19.1 Å². The Hall–Kier alpha value is -1.02. The number of anilines is 1. The maximum Gasteiger partial charge on any atom is 0.0787 e. The van der Waals surface area contributed by atoms with Crippen molar-refractivity contribution < 1.29 is 5.11 Å². The van der Waals surface area contributed by atoms with Crippen molar-refractivity contribution in [3.63, 3.8) is 0 Å². The second-order valence-electron chi connectivity index (χ2n) is 4.79. The van der Waals surface area contributed by atoms with Crippen LogP contribution in [0.1, 0.15) is 38.9 Å². The number of aliphatic hydroxyl groups excluding tert-OH is 1. The van der Waals surface area contributed by atoms with Crippen LogP contribution in [0.25, 0.3) is 0 Å². The molecular weight excluding hydrogens is 198 g/mol. The first kappa shape index (κ1) is 13.0. The lowest BCUT2D eigenvalue weighted by Crippen LogP contribution is -2.22. The summed E-state index contributed by atoms with van der Waals surface area (Å²) in [5.74, 6) is 0.658. The first-order valence-electron chi connectivity index (χ1n) is 6.03. The van der Waals surface area contributed by atoms with Crippen LogP contribution >= 0.6 is 0 Å². The van der Waals surface area contributed by atoms with Crippen LogP contribution in [-0.2, 0) is 0 Å². The molecule has 0 aliphatic carbocycles. The number of hydrogen-bond acceptors (Lipinski definition) is 2. The Morgan fingerprint density at radius 3 is 2.19 bits per heavy atom. The molecule has 0 fully saturated rings. The van der Waals surface area contributed by atoms with Crippen molar-refractivity contribution in [1.82, 2.24) is 0 Å². The number of rotatable bonds is 5. The average molecular weight is 221 g/mol. The van der Waals surface area contributed by atoms with Crippen LogP contribution in [0.2, 0.25) is 0 Å². The van der Waals surface area contributed by atoms with E-state index in [1.54, 1.807) is 0 Å². The molecule has 1 aromatic rings. The summed E-state index contributed by atoms with van der Waals surface area (Å²) >= 11 is 0. The predicted molar refractivity (Wildman–Crippen MR) is 69.8 cm³/mol. The summed E-state index contributed by atoms with van der Waals surface area (Å²) in [6.45, 7) is 7.47. The molecule has 0 bridgehead atoms. The number of hydrogen-bond donors (Lipinski definition) is 1. The lowest BCUT2D eigenvalue weighted by molar-refractivity contribution is 0.173. The Labute approximate surface area is 98.9 Å². The van der Waals surface area contributed by atoms with Crippen LogP contribution in [0.3, 0.4) is 0 Å². The van der Waals surface area contributed by atoms with Gasteiger partial charge in [-0.2, -0.15) is 0 Å². The summed E-state index contributed by atoms with van der Waals surface area (Å²) in [5.41, 5.74) is 2.21. The van der Waals surface area contributed by atoms with Crippen molar-refractivity contribution in [2.45, 2.75) is 33.3 Å². The summed E-state index contributed by atoms with van der Waals surface area (Å²) in [4.78, 5) is 2.24. The van der Waals surface area contributed by atoms with Crippen molar-refractivity contribution in [1.29, 1.82) is 0 Å². The van der Waals surface area contributed by atoms with Crippen molar-refractivity contribution >= 4 is 5.69 Å². The third-order valence-corrected chi connectivity index (χ3v) is 2.74. The minimum absolute atomic E-state index is 0.329. The van der Waals surface area contributed by atoms with Crippen molar-refractivity contribution in [2.75, 3.05) is 18.5 Å². The molecule has 0 radical (unpaired) electrons. The fourth-order valence-corrected chi connectivity index (χ4v) is 1.84. The largest absolute Gasteiger partial charge is 0.388 e. The number of benzene rings is 1. The van der Waals surface area contributed by atoms with Crippen LogP contribution in [0.4, 0.5) is 5.69 Å². The standard InChI is InChI=1S/C14H23NO/c1-5-14(16)12-6-8-13(9-7-12)15(4)10-11(2)3/h6-9,11,14,16H,5,10H2,1-4H3/t14-/m1/s1. The van der Waals surface area contributed by atoms with Crippen LogP contribution < -0.4 is 4.90 Å². The van der Waals surface area contributed by atoms with E-state index in [1.165, 1.54) is 5.69 Å². The van der Waals surface area contributed by atoms with Crippen molar-refractivity contribution in [3.05, 3.63) is 29.8 Å². The lowest BCUT2D eigenvalue weighted by Gasteiger charge is -2.22. The maximum atomic E-state index is 9.69. The highest BCUT2D eigenvalue weighted by molar-refractivity contribution is 5.47.